The molecule has 17 heavy (non-hydrogen) atoms. The lowest BCUT2D eigenvalue weighted by atomic mass is 10.0. The van der Waals surface area contributed by atoms with Gasteiger partial charge in [-0.1, -0.05) is 6.07 Å². The molecule has 7 nitrogen and oxygen atoms in total. The fourth-order valence-electron chi connectivity index (χ4n) is 1.17. The van der Waals surface area contributed by atoms with Crippen molar-refractivity contribution in [3.05, 3.63) is 39.7 Å². The fraction of sp³-hybridized carbons (Fsp3) is 0.222. The maximum atomic E-state index is 12.9. The van der Waals surface area contributed by atoms with Gasteiger partial charge in [0, 0.05) is 6.07 Å². The number of nitro benzene ring substituents is 1. The second kappa shape index (κ2) is 4.85. The van der Waals surface area contributed by atoms with Gasteiger partial charge in [-0.25, -0.2) is 4.79 Å². The molecule has 0 bridgehead atoms. The van der Waals surface area contributed by atoms with E-state index in [1.54, 1.807) is 0 Å². The minimum atomic E-state index is -2.14. The fourth-order valence-corrected chi connectivity index (χ4v) is 1.17. The van der Waals surface area contributed by atoms with Gasteiger partial charge in [-0.3, -0.25) is 10.1 Å². The molecular weight excluding hydrogens is 237 g/mol. The van der Waals surface area contributed by atoms with Crippen LogP contribution in [0.15, 0.2) is 18.2 Å². The van der Waals surface area contributed by atoms with Crippen LogP contribution in [0.4, 0.5) is 10.1 Å². The molecule has 0 fully saturated rings. The number of nitro groups is 1. The summed E-state index contributed by atoms with van der Waals surface area (Å²) in [6.45, 7) is 0. The highest BCUT2D eigenvalue weighted by atomic mass is 19.1. The highest BCUT2D eigenvalue weighted by Gasteiger charge is 2.27. The van der Waals surface area contributed by atoms with Gasteiger partial charge in [0.25, 0.3) is 0 Å². The summed E-state index contributed by atoms with van der Waals surface area (Å²) in [5.74, 6) is -2.81. The minimum Gasteiger partial charge on any atom is -0.479 e. The van der Waals surface area contributed by atoms with Crippen LogP contribution < -0.4 is 0 Å². The summed E-state index contributed by atoms with van der Waals surface area (Å²) < 4.78 is 12.9. The molecule has 3 N–H and O–H groups in total. The lowest BCUT2D eigenvalue weighted by Crippen LogP contribution is -2.27. The molecule has 0 heterocycles. The molecule has 0 aliphatic carbocycles. The first kappa shape index (κ1) is 13.0. The zero-order valence-corrected chi connectivity index (χ0v) is 8.28. The van der Waals surface area contributed by atoms with Crippen LogP contribution in [0.25, 0.3) is 0 Å². The van der Waals surface area contributed by atoms with Gasteiger partial charge in [-0.15, -0.1) is 0 Å². The SMILES string of the molecule is O=C(O)C(O)C(O)c1ccc(F)c([N+](=O)[O-])c1. The van der Waals surface area contributed by atoms with Crippen LogP contribution in [0.3, 0.4) is 0 Å². The molecular formula is C9H8FNO6. The van der Waals surface area contributed by atoms with Crippen molar-refractivity contribution in [2.24, 2.45) is 0 Å². The molecule has 2 atom stereocenters. The zero-order valence-electron chi connectivity index (χ0n) is 8.28. The molecule has 0 amide bonds. The van der Waals surface area contributed by atoms with Crippen LogP contribution in [-0.2, 0) is 4.79 Å². The summed E-state index contributed by atoms with van der Waals surface area (Å²) >= 11 is 0. The Morgan fingerprint density at radius 3 is 2.47 bits per heavy atom. The van der Waals surface area contributed by atoms with Gasteiger partial charge < -0.3 is 15.3 Å². The van der Waals surface area contributed by atoms with E-state index in [1.807, 2.05) is 0 Å². The molecule has 8 heteroatoms. The number of aliphatic hydroxyl groups excluding tert-OH is 2. The minimum absolute atomic E-state index is 0.256. The van der Waals surface area contributed by atoms with Crippen molar-refractivity contribution in [3.63, 3.8) is 0 Å². The number of hydrogen-bond acceptors (Lipinski definition) is 5. The Bertz CT molecular complexity index is 463. The summed E-state index contributed by atoms with van der Waals surface area (Å²) in [7, 11) is 0. The second-order valence-corrected chi connectivity index (χ2v) is 3.20. The number of carboxylic acid groups (broad SMARTS) is 1. The monoisotopic (exact) mass is 245 g/mol. The van der Waals surface area contributed by atoms with Crippen LogP contribution >= 0.6 is 0 Å². The van der Waals surface area contributed by atoms with Crippen molar-refractivity contribution in [2.45, 2.75) is 12.2 Å². The Morgan fingerprint density at radius 1 is 1.41 bits per heavy atom. The highest BCUT2D eigenvalue weighted by Crippen LogP contribution is 2.24. The Balaban J connectivity index is 3.11. The van der Waals surface area contributed by atoms with E-state index in [9.17, 15) is 24.4 Å². The number of rotatable bonds is 4. The predicted molar refractivity (Wildman–Crippen MR) is 51.7 cm³/mol. The van der Waals surface area contributed by atoms with E-state index in [2.05, 4.69) is 0 Å². The van der Waals surface area contributed by atoms with Crippen LogP contribution in [0.2, 0.25) is 0 Å². The van der Waals surface area contributed by atoms with E-state index in [4.69, 9.17) is 10.2 Å². The molecule has 1 rings (SSSR count). The quantitative estimate of drug-likeness (QED) is 0.515. The second-order valence-electron chi connectivity index (χ2n) is 3.20. The average Bonchev–Trinajstić information content (AvgIpc) is 2.27. The molecule has 0 spiro atoms. The number of aliphatic carboxylic acids is 1. The summed E-state index contributed by atoms with van der Waals surface area (Å²) in [5.41, 5.74) is -1.16. The predicted octanol–water partition coefficient (Wildman–Crippen LogP) is 0.213. The lowest BCUT2D eigenvalue weighted by molar-refractivity contribution is -0.387. The van der Waals surface area contributed by atoms with Gasteiger partial charge in [-0.05, 0) is 11.6 Å². The molecule has 1 aromatic carbocycles. The largest absolute Gasteiger partial charge is 0.479 e. The van der Waals surface area contributed by atoms with Crippen LogP contribution in [0.1, 0.15) is 11.7 Å². The lowest BCUT2D eigenvalue weighted by Gasteiger charge is -2.13. The number of carboxylic acids is 1. The van der Waals surface area contributed by atoms with Gasteiger partial charge in [-0.2, -0.15) is 4.39 Å². The molecule has 0 radical (unpaired) electrons. The topological polar surface area (TPSA) is 121 Å². The van der Waals surface area contributed by atoms with Crippen molar-refractivity contribution in [2.75, 3.05) is 0 Å². The third-order valence-corrected chi connectivity index (χ3v) is 2.06. The number of hydrogen-bond donors (Lipinski definition) is 3. The van der Waals surface area contributed by atoms with Crippen LogP contribution in [-0.4, -0.2) is 32.3 Å². The maximum absolute atomic E-state index is 12.9. The highest BCUT2D eigenvalue weighted by molar-refractivity contribution is 5.73. The molecule has 0 aromatic heterocycles. The molecule has 2 unspecified atom stereocenters. The first-order valence-corrected chi connectivity index (χ1v) is 4.37. The maximum Gasteiger partial charge on any atom is 0.335 e. The standard InChI is InChI=1S/C9H8FNO6/c10-5-2-1-4(3-6(5)11(16)17)7(12)8(13)9(14)15/h1-3,7-8,12-13H,(H,14,15). The first-order valence-electron chi connectivity index (χ1n) is 4.37. The van der Waals surface area contributed by atoms with Crippen LogP contribution in [0.5, 0.6) is 0 Å². The Labute approximate surface area is 93.9 Å². The first-order chi connectivity index (χ1) is 7.84. The number of aliphatic hydroxyl groups is 2. The van der Waals surface area contributed by atoms with E-state index in [0.29, 0.717) is 12.1 Å². The molecule has 1 aromatic rings. The summed E-state index contributed by atoms with van der Waals surface area (Å²) in [6, 6.07) is 2.34. The Morgan fingerprint density at radius 2 is 2.00 bits per heavy atom. The number of benzene rings is 1. The van der Waals surface area contributed by atoms with E-state index >= 15 is 0 Å². The summed E-state index contributed by atoms with van der Waals surface area (Å²) in [5, 5.41) is 37.2. The van der Waals surface area contributed by atoms with Crippen LogP contribution in [0, 0.1) is 15.9 Å². The van der Waals surface area contributed by atoms with Crippen molar-refractivity contribution in [3.8, 4) is 0 Å². The smallest absolute Gasteiger partial charge is 0.335 e. The summed E-state index contributed by atoms with van der Waals surface area (Å²) in [4.78, 5) is 19.8. The van der Waals surface area contributed by atoms with Gasteiger partial charge in [0.1, 0.15) is 6.10 Å². The van der Waals surface area contributed by atoms with Gasteiger partial charge in [0.2, 0.25) is 5.82 Å². The summed E-state index contributed by atoms with van der Waals surface area (Å²) in [6.07, 6.45) is -4.01. The van der Waals surface area contributed by atoms with Crippen molar-refractivity contribution in [1.82, 2.24) is 0 Å². The molecule has 0 aliphatic rings. The average molecular weight is 245 g/mol. The third kappa shape index (κ3) is 2.74. The van der Waals surface area contributed by atoms with E-state index in [0.717, 1.165) is 6.07 Å². The zero-order chi connectivity index (χ0) is 13.2. The van der Waals surface area contributed by atoms with E-state index < -0.39 is 34.6 Å². The normalized spacial score (nSPS) is 14.1. The molecule has 0 saturated heterocycles. The number of carbonyl (C=O) groups is 1. The molecule has 0 saturated carbocycles. The van der Waals surface area contributed by atoms with Gasteiger partial charge >= 0.3 is 11.7 Å². The Kier molecular flexibility index (Phi) is 3.71. The van der Waals surface area contributed by atoms with Crippen molar-refractivity contribution < 1.29 is 29.4 Å². The molecule has 92 valence electrons. The number of nitrogens with zero attached hydrogens (tertiary/aromatic N) is 1. The van der Waals surface area contributed by atoms with Crippen molar-refractivity contribution >= 4 is 11.7 Å². The number of halogens is 1. The van der Waals surface area contributed by atoms with Gasteiger partial charge in [0.15, 0.2) is 6.10 Å². The third-order valence-electron chi connectivity index (χ3n) is 2.06. The Hall–Kier alpha value is -2.06. The van der Waals surface area contributed by atoms with E-state index in [1.165, 1.54) is 0 Å². The molecule has 0 aliphatic heterocycles. The van der Waals surface area contributed by atoms with Gasteiger partial charge in [0.05, 0.1) is 4.92 Å². The van der Waals surface area contributed by atoms with Crippen molar-refractivity contribution in [1.29, 1.82) is 0 Å². The van der Waals surface area contributed by atoms with E-state index in [-0.39, 0.29) is 5.56 Å².